The van der Waals surface area contributed by atoms with Crippen LogP contribution in [0.25, 0.3) is 10.9 Å². The van der Waals surface area contributed by atoms with Crippen LogP contribution in [0.1, 0.15) is 24.2 Å². The summed E-state index contributed by atoms with van der Waals surface area (Å²) in [6.07, 6.45) is 2.69. The number of aromatic nitrogens is 1. The van der Waals surface area contributed by atoms with E-state index in [4.69, 9.17) is 0 Å². The largest absolute Gasteiger partial charge is 0.387 e. The molecule has 0 amide bonds. The zero-order valence-corrected chi connectivity index (χ0v) is 13.5. The molecule has 3 nitrogen and oxygen atoms in total. The van der Waals surface area contributed by atoms with E-state index in [0.29, 0.717) is 12.5 Å². The maximum Gasteiger partial charge on any atom is 0.0914 e. The number of aliphatic hydroxyl groups is 1. The minimum atomic E-state index is -0.448. The van der Waals surface area contributed by atoms with E-state index >= 15 is 0 Å². The number of H-pyrrole nitrogens is 1. The van der Waals surface area contributed by atoms with Gasteiger partial charge in [-0.2, -0.15) is 0 Å². The van der Waals surface area contributed by atoms with E-state index in [1.807, 2.05) is 30.3 Å². The van der Waals surface area contributed by atoms with Gasteiger partial charge in [0.2, 0.25) is 0 Å². The van der Waals surface area contributed by atoms with Gasteiger partial charge in [-0.25, -0.2) is 0 Å². The zero-order chi connectivity index (χ0) is 16.1. The van der Waals surface area contributed by atoms with Crippen molar-refractivity contribution in [2.45, 2.75) is 19.4 Å². The van der Waals surface area contributed by atoms with Crippen molar-refractivity contribution in [3.63, 3.8) is 0 Å². The molecule has 0 aliphatic heterocycles. The molecule has 0 aliphatic rings. The molecule has 3 heteroatoms. The normalized spacial score (nSPS) is 14.0. The molecule has 3 aromatic rings. The molecular formula is C20H24N2O. The quantitative estimate of drug-likeness (QED) is 0.624. The van der Waals surface area contributed by atoms with Crippen LogP contribution in [0.3, 0.4) is 0 Å². The molecule has 0 saturated heterocycles. The fourth-order valence-electron chi connectivity index (χ4n) is 3.01. The summed E-state index contributed by atoms with van der Waals surface area (Å²) >= 11 is 0. The van der Waals surface area contributed by atoms with Gasteiger partial charge in [0, 0.05) is 23.6 Å². The maximum atomic E-state index is 10.2. The van der Waals surface area contributed by atoms with Crippen molar-refractivity contribution in [2.24, 2.45) is 5.92 Å². The molecule has 2 unspecified atom stereocenters. The van der Waals surface area contributed by atoms with Crippen LogP contribution in [0.15, 0.2) is 60.8 Å². The lowest BCUT2D eigenvalue weighted by molar-refractivity contribution is 0.173. The first kappa shape index (κ1) is 15.8. The molecule has 0 spiro atoms. The lowest BCUT2D eigenvalue weighted by Gasteiger charge is -2.15. The van der Waals surface area contributed by atoms with E-state index in [1.54, 1.807) is 0 Å². The number of aromatic amines is 1. The highest BCUT2D eigenvalue weighted by atomic mass is 16.3. The number of rotatable bonds is 7. The molecule has 1 aromatic heterocycles. The lowest BCUT2D eigenvalue weighted by atomic mass is 10.0. The summed E-state index contributed by atoms with van der Waals surface area (Å²) in [5, 5.41) is 14.9. The van der Waals surface area contributed by atoms with E-state index in [9.17, 15) is 5.11 Å². The molecular weight excluding hydrogens is 284 g/mol. The molecule has 23 heavy (non-hydrogen) atoms. The molecule has 2 aromatic carbocycles. The Kier molecular flexibility index (Phi) is 5.11. The molecule has 120 valence electrons. The summed E-state index contributed by atoms with van der Waals surface area (Å²) in [5.74, 6) is 0.511. The molecule has 1 heterocycles. The van der Waals surface area contributed by atoms with Gasteiger partial charge in [0.1, 0.15) is 0 Å². The van der Waals surface area contributed by atoms with E-state index in [1.165, 1.54) is 16.5 Å². The second-order valence-corrected chi connectivity index (χ2v) is 6.25. The Hall–Kier alpha value is -2.10. The monoisotopic (exact) mass is 308 g/mol. The minimum Gasteiger partial charge on any atom is -0.387 e. The highest BCUT2D eigenvalue weighted by Gasteiger charge is 2.10. The Morgan fingerprint density at radius 1 is 1.00 bits per heavy atom. The van der Waals surface area contributed by atoms with Crippen molar-refractivity contribution in [3.8, 4) is 0 Å². The number of hydrogen-bond acceptors (Lipinski definition) is 2. The van der Waals surface area contributed by atoms with E-state index < -0.39 is 6.10 Å². The van der Waals surface area contributed by atoms with Crippen LogP contribution in [0, 0.1) is 5.92 Å². The smallest absolute Gasteiger partial charge is 0.0914 e. The number of benzene rings is 2. The van der Waals surface area contributed by atoms with Gasteiger partial charge in [-0.1, -0.05) is 55.5 Å². The standard InChI is InChI=1S/C20H24N2O/c1-15(11-17-13-22-19-10-6-5-9-18(17)19)12-21-14-20(23)16-7-3-2-4-8-16/h2-10,13,15,20-23H,11-12,14H2,1H3. The third-order valence-corrected chi connectivity index (χ3v) is 4.26. The number of fused-ring (bicyclic) bond motifs is 1. The van der Waals surface area contributed by atoms with Crippen LogP contribution in [0.4, 0.5) is 0 Å². The van der Waals surface area contributed by atoms with Crippen molar-refractivity contribution in [2.75, 3.05) is 13.1 Å². The topological polar surface area (TPSA) is 48.0 Å². The Bertz CT molecular complexity index is 735. The van der Waals surface area contributed by atoms with E-state index in [-0.39, 0.29) is 0 Å². The van der Waals surface area contributed by atoms with Crippen LogP contribution >= 0.6 is 0 Å². The molecule has 3 rings (SSSR count). The van der Waals surface area contributed by atoms with Gasteiger partial charge in [-0.05, 0) is 36.1 Å². The molecule has 0 aliphatic carbocycles. The van der Waals surface area contributed by atoms with Gasteiger partial charge in [-0.15, -0.1) is 0 Å². The van der Waals surface area contributed by atoms with Crippen molar-refractivity contribution < 1.29 is 5.11 Å². The van der Waals surface area contributed by atoms with E-state index in [0.717, 1.165) is 18.5 Å². The van der Waals surface area contributed by atoms with Gasteiger partial charge in [0.25, 0.3) is 0 Å². The van der Waals surface area contributed by atoms with Gasteiger partial charge in [0.05, 0.1) is 6.10 Å². The predicted octanol–water partition coefficient (Wildman–Crippen LogP) is 3.67. The first-order chi connectivity index (χ1) is 11.2. The first-order valence-corrected chi connectivity index (χ1v) is 8.23. The van der Waals surface area contributed by atoms with E-state index in [2.05, 4.69) is 47.7 Å². The first-order valence-electron chi connectivity index (χ1n) is 8.23. The Morgan fingerprint density at radius 2 is 1.74 bits per heavy atom. The fraction of sp³-hybridized carbons (Fsp3) is 0.300. The van der Waals surface area contributed by atoms with Gasteiger partial charge >= 0.3 is 0 Å². The number of nitrogens with one attached hydrogen (secondary N) is 2. The molecule has 3 N–H and O–H groups in total. The molecule has 0 saturated carbocycles. The summed E-state index contributed by atoms with van der Waals surface area (Å²) in [6, 6.07) is 18.2. The average Bonchev–Trinajstić information content (AvgIpc) is 2.99. The second kappa shape index (κ2) is 7.44. The van der Waals surface area contributed by atoms with Crippen LogP contribution in [0.5, 0.6) is 0 Å². The number of para-hydroxylation sites is 1. The van der Waals surface area contributed by atoms with Gasteiger partial charge in [0.15, 0.2) is 0 Å². The second-order valence-electron chi connectivity index (χ2n) is 6.25. The lowest BCUT2D eigenvalue weighted by Crippen LogP contribution is -2.27. The Morgan fingerprint density at radius 3 is 2.57 bits per heavy atom. The highest BCUT2D eigenvalue weighted by Crippen LogP contribution is 2.20. The summed E-state index contributed by atoms with van der Waals surface area (Å²) in [6.45, 7) is 3.72. The van der Waals surface area contributed by atoms with Crippen molar-refractivity contribution in [3.05, 3.63) is 71.9 Å². The van der Waals surface area contributed by atoms with Crippen LogP contribution in [-0.4, -0.2) is 23.2 Å². The fourth-order valence-corrected chi connectivity index (χ4v) is 3.01. The third-order valence-electron chi connectivity index (χ3n) is 4.26. The van der Waals surface area contributed by atoms with Crippen LogP contribution in [0.2, 0.25) is 0 Å². The van der Waals surface area contributed by atoms with Crippen LogP contribution in [-0.2, 0) is 6.42 Å². The summed E-state index contributed by atoms with van der Waals surface area (Å²) < 4.78 is 0. The minimum absolute atomic E-state index is 0.448. The molecule has 0 radical (unpaired) electrons. The molecule has 0 fully saturated rings. The van der Waals surface area contributed by atoms with Crippen molar-refractivity contribution in [1.29, 1.82) is 0 Å². The molecule has 0 bridgehead atoms. The summed E-state index contributed by atoms with van der Waals surface area (Å²) in [4.78, 5) is 3.33. The molecule has 2 atom stereocenters. The van der Waals surface area contributed by atoms with Crippen LogP contribution < -0.4 is 5.32 Å². The number of hydrogen-bond donors (Lipinski definition) is 3. The maximum absolute atomic E-state index is 10.2. The van der Waals surface area contributed by atoms with Crippen molar-refractivity contribution in [1.82, 2.24) is 10.3 Å². The van der Waals surface area contributed by atoms with Crippen molar-refractivity contribution >= 4 is 10.9 Å². The summed E-state index contributed by atoms with van der Waals surface area (Å²) in [5.41, 5.74) is 3.52. The Balaban J connectivity index is 1.49. The average molecular weight is 308 g/mol. The predicted molar refractivity (Wildman–Crippen MR) is 95.4 cm³/mol. The summed E-state index contributed by atoms with van der Waals surface area (Å²) in [7, 11) is 0. The SMILES string of the molecule is CC(CNCC(O)c1ccccc1)Cc1c[nH]c2ccccc12. The Labute approximate surface area is 137 Å². The van der Waals surface area contributed by atoms with Gasteiger partial charge < -0.3 is 15.4 Å². The third kappa shape index (κ3) is 4.01. The highest BCUT2D eigenvalue weighted by molar-refractivity contribution is 5.83. The zero-order valence-electron chi connectivity index (χ0n) is 13.5. The number of aliphatic hydroxyl groups excluding tert-OH is 1. The van der Waals surface area contributed by atoms with Gasteiger partial charge in [-0.3, -0.25) is 0 Å².